The standard InChI is InChI=1S/C13H17O6P/c14-12(15)7-6-11(13(16)17)9-20(18)19-8-10-4-2-1-3-5-10/h1-5,11,20H,6-9H2,(H,14,15)(H,16,17). The van der Waals surface area contributed by atoms with Crippen LogP contribution in [-0.4, -0.2) is 28.3 Å². The van der Waals surface area contributed by atoms with Gasteiger partial charge in [0.15, 0.2) is 8.03 Å². The molecule has 0 aromatic heterocycles. The first-order valence-corrected chi connectivity index (χ1v) is 7.65. The van der Waals surface area contributed by atoms with Crippen molar-refractivity contribution in [1.29, 1.82) is 0 Å². The number of carboxylic acids is 2. The van der Waals surface area contributed by atoms with E-state index in [1.54, 1.807) is 0 Å². The molecule has 2 N–H and O–H groups in total. The van der Waals surface area contributed by atoms with Gasteiger partial charge < -0.3 is 14.7 Å². The summed E-state index contributed by atoms with van der Waals surface area (Å²) < 4.78 is 16.9. The summed E-state index contributed by atoms with van der Waals surface area (Å²) in [7, 11) is -2.50. The van der Waals surface area contributed by atoms with Crippen LogP contribution in [0.2, 0.25) is 0 Å². The minimum absolute atomic E-state index is 0.0459. The van der Waals surface area contributed by atoms with Gasteiger partial charge in [-0.3, -0.25) is 14.2 Å². The van der Waals surface area contributed by atoms with Crippen molar-refractivity contribution in [3.05, 3.63) is 35.9 Å². The third kappa shape index (κ3) is 6.50. The highest BCUT2D eigenvalue weighted by molar-refractivity contribution is 7.39. The first-order valence-electron chi connectivity index (χ1n) is 6.13. The van der Waals surface area contributed by atoms with Crippen LogP contribution in [0.25, 0.3) is 0 Å². The smallest absolute Gasteiger partial charge is 0.307 e. The summed E-state index contributed by atoms with van der Waals surface area (Å²) in [6.45, 7) is 0.157. The van der Waals surface area contributed by atoms with Gasteiger partial charge in [0, 0.05) is 12.6 Å². The summed E-state index contributed by atoms with van der Waals surface area (Å²) in [5, 5.41) is 17.5. The zero-order valence-electron chi connectivity index (χ0n) is 10.8. The number of hydrogen-bond donors (Lipinski definition) is 2. The zero-order chi connectivity index (χ0) is 15.0. The van der Waals surface area contributed by atoms with E-state index in [0.717, 1.165) is 5.56 Å². The van der Waals surface area contributed by atoms with Gasteiger partial charge in [-0.1, -0.05) is 30.3 Å². The normalized spacial score (nSPS) is 13.6. The topological polar surface area (TPSA) is 101 Å². The Labute approximate surface area is 117 Å². The summed E-state index contributed by atoms with van der Waals surface area (Å²) in [5.74, 6) is -3.16. The fraction of sp³-hybridized carbons (Fsp3) is 0.385. The largest absolute Gasteiger partial charge is 0.481 e. The minimum atomic E-state index is -2.50. The van der Waals surface area contributed by atoms with E-state index in [1.807, 2.05) is 30.3 Å². The second-order valence-electron chi connectivity index (χ2n) is 4.32. The van der Waals surface area contributed by atoms with Gasteiger partial charge in [0.1, 0.15) is 0 Å². The molecule has 0 aliphatic heterocycles. The molecule has 1 aromatic carbocycles. The van der Waals surface area contributed by atoms with Crippen LogP contribution in [0.15, 0.2) is 30.3 Å². The number of carboxylic acid groups (broad SMARTS) is 2. The Morgan fingerprint density at radius 2 is 1.85 bits per heavy atom. The lowest BCUT2D eigenvalue weighted by Crippen LogP contribution is -2.18. The monoisotopic (exact) mass is 300 g/mol. The predicted molar refractivity (Wildman–Crippen MR) is 73.1 cm³/mol. The molecule has 0 fully saturated rings. The van der Waals surface area contributed by atoms with Crippen molar-refractivity contribution in [2.75, 3.05) is 6.16 Å². The Morgan fingerprint density at radius 1 is 1.20 bits per heavy atom. The Hall–Kier alpha value is -1.65. The second kappa shape index (κ2) is 8.51. The molecule has 1 rings (SSSR count). The quantitative estimate of drug-likeness (QED) is 0.678. The lowest BCUT2D eigenvalue weighted by Gasteiger charge is -2.11. The molecule has 0 radical (unpaired) electrons. The maximum Gasteiger partial charge on any atom is 0.307 e. The lowest BCUT2D eigenvalue weighted by atomic mass is 10.1. The molecule has 1 aromatic rings. The third-order valence-electron chi connectivity index (χ3n) is 2.71. The molecule has 20 heavy (non-hydrogen) atoms. The fourth-order valence-corrected chi connectivity index (χ4v) is 2.84. The van der Waals surface area contributed by atoms with Crippen LogP contribution in [0.3, 0.4) is 0 Å². The first-order chi connectivity index (χ1) is 9.49. The van der Waals surface area contributed by atoms with Crippen molar-refractivity contribution in [1.82, 2.24) is 0 Å². The fourth-order valence-electron chi connectivity index (χ4n) is 1.61. The number of rotatable bonds is 9. The van der Waals surface area contributed by atoms with Crippen molar-refractivity contribution in [2.45, 2.75) is 19.4 Å². The van der Waals surface area contributed by atoms with Crippen LogP contribution in [-0.2, 0) is 25.3 Å². The van der Waals surface area contributed by atoms with Gasteiger partial charge in [0.2, 0.25) is 0 Å². The van der Waals surface area contributed by atoms with Crippen LogP contribution in [0.5, 0.6) is 0 Å². The highest BCUT2D eigenvalue weighted by atomic mass is 31.1. The number of carbonyl (C=O) groups is 2. The van der Waals surface area contributed by atoms with E-state index in [2.05, 4.69) is 0 Å². The van der Waals surface area contributed by atoms with E-state index in [1.165, 1.54) is 0 Å². The van der Waals surface area contributed by atoms with E-state index < -0.39 is 25.9 Å². The van der Waals surface area contributed by atoms with Crippen LogP contribution in [0, 0.1) is 5.92 Å². The molecule has 0 spiro atoms. The van der Waals surface area contributed by atoms with Gasteiger partial charge in [-0.25, -0.2) is 0 Å². The summed E-state index contributed by atoms with van der Waals surface area (Å²) >= 11 is 0. The maximum absolute atomic E-state index is 11.7. The van der Waals surface area contributed by atoms with E-state index in [0.29, 0.717) is 0 Å². The van der Waals surface area contributed by atoms with Gasteiger partial charge in [0.25, 0.3) is 0 Å². The van der Waals surface area contributed by atoms with Gasteiger partial charge in [-0.05, 0) is 12.0 Å². The highest BCUT2D eigenvalue weighted by Gasteiger charge is 2.21. The Morgan fingerprint density at radius 3 is 2.40 bits per heavy atom. The molecular formula is C13H17O6P. The molecular weight excluding hydrogens is 283 g/mol. The van der Waals surface area contributed by atoms with Crippen molar-refractivity contribution >= 4 is 20.0 Å². The Balaban J connectivity index is 2.41. The molecule has 0 bridgehead atoms. The minimum Gasteiger partial charge on any atom is -0.481 e. The Kier molecular flexibility index (Phi) is 6.98. The average molecular weight is 300 g/mol. The summed E-state index contributed by atoms with van der Waals surface area (Å²) in [6, 6.07) is 9.12. The molecule has 0 amide bonds. The van der Waals surface area contributed by atoms with E-state index in [-0.39, 0.29) is 25.6 Å². The average Bonchev–Trinajstić information content (AvgIpc) is 2.41. The molecule has 0 saturated heterocycles. The molecule has 110 valence electrons. The molecule has 2 unspecified atom stereocenters. The van der Waals surface area contributed by atoms with Crippen molar-refractivity contribution in [2.24, 2.45) is 5.92 Å². The van der Waals surface area contributed by atoms with Crippen molar-refractivity contribution < 1.29 is 28.9 Å². The van der Waals surface area contributed by atoms with Crippen molar-refractivity contribution in [3.63, 3.8) is 0 Å². The number of aliphatic carboxylic acids is 2. The van der Waals surface area contributed by atoms with Gasteiger partial charge in [0.05, 0.1) is 12.5 Å². The summed E-state index contributed by atoms with van der Waals surface area (Å²) in [6.07, 6.45) is -0.444. The molecule has 0 heterocycles. The van der Waals surface area contributed by atoms with Crippen molar-refractivity contribution in [3.8, 4) is 0 Å². The molecule has 2 atom stereocenters. The predicted octanol–water partition coefficient (Wildman–Crippen LogP) is 2.24. The molecule has 0 saturated carbocycles. The number of hydrogen-bond acceptors (Lipinski definition) is 4. The van der Waals surface area contributed by atoms with Gasteiger partial charge in [-0.15, -0.1) is 0 Å². The number of benzene rings is 1. The first kappa shape index (κ1) is 16.4. The molecule has 7 heteroatoms. The second-order valence-corrected chi connectivity index (χ2v) is 5.76. The SMILES string of the molecule is O=C(O)CCC(C[PH](=O)OCc1ccccc1)C(=O)O. The molecule has 6 nitrogen and oxygen atoms in total. The van der Waals surface area contributed by atoms with E-state index in [4.69, 9.17) is 14.7 Å². The van der Waals surface area contributed by atoms with E-state index in [9.17, 15) is 14.2 Å². The van der Waals surface area contributed by atoms with Crippen LogP contribution in [0.1, 0.15) is 18.4 Å². The summed E-state index contributed by atoms with van der Waals surface area (Å²) in [4.78, 5) is 21.4. The van der Waals surface area contributed by atoms with Crippen LogP contribution >= 0.6 is 8.03 Å². The maximum atomic E-state index is 11.7. The molecule has 0 aliphatic carbocycles. The molecule has 0 aliphatic rings. The van der Waals surface area contributed by atoms with Gasteiger partial charge in [-0.2, -0.15) is 0 Å². The highest BCUT2D eigenvalue weighted by Crippen LogP contribution is 2.29. The summed E-state index contributed by atoms with van der Waals surface area (Å²) in [5.41, 5.74) is 0.850. The van der Waals surface area contributed by atoms with Crippen LogP contribution in [0.4, 0.5) is 0 Å². The Bertz CT molecular complexity index is 473. The van der Waals surface area contributed by atoms with E-state index >= 15 is 0 Å². The third-order valence-corrected chi connectivity index (χ3v) is 4.00. The zero-order valence-corrected chi connectivity index (χ0v) is 11.8. The van der Waals surface area contributed by atoms with Gasteiger partial charge >= 0.3 is 11.9 Å². The van der Waals surface area contributed by atoms with Crippen LogP contribution < -0.4 is 0 Å². The lowest BCUT2D eigenvalue weighted by molar-refractivity contribution is -0.142.